The van der Waals surface area contributed by atoms with Gasteiger partial charge in [-0.05, 0) is 34.5 Å². The van der Waals surface area contributed by atoms with E-state index >= 15 is 0 Å². The molecule has 2 nitrogen and oxygen atoms in total. The number of halogens is 1. The van der Waals surface area contributed by atoms with Crippen molar-refractivity contribution in [1.82, 2.24) is 4.98 Å². The molecule has 0 atom stereocenters. The second-order valence-corrected chi connectivity index (χ2v) is 5.30. The molecule has 0 radical (unpaired) electrons. The van der Waals surface area contributed by atoms with Crippen molar-refractivity contribution in [3.8, 4) is 0 Å². The number of carbonyl (C=O) groups excluding carboxylic acids is 1. The van der Waals surface area contributed by atoms with Gasteiger partial charge in [0.15, 0.2) is 0 Å². The van der Waals surface area contributed by atoms with Crippen LogP contribution in [0.5, 0.6) is 0 Å². The molecule has 0 saturated heterocycles. The zero-order valence-electron chi connectivity index (χ0n) is 11.0. The van der Waals surface area contributed by atoms with E-state index in [1.165, 1.54) is 0 Å². The van der Waals surface area contributed by atoms with Crippen LogP contribution in [0, 0.1) is 0 Å². The summed E-state index contributed by atoms with van der Waals surface area (Å²) in [5.41, 5.74) is 2.11. The lowest BCUT2D eigenvalue weighted by molar-refractivity contribution is 0.108. The highest BCUT2D eigenvalue weighted by atomic mass is 35.5. The largest absolute Gasteiger partial charge is 0.276 e. The fourth-order valence-electron chi connectivity index (χ4n) is 2.87. The maximum Gasteiger partial charge on any atom is 0.253 e. The second-order valence-electron chi connectivity index (χ2n) is 4.96. The fraction of sp³-hybridized carbons (Fsp3) is 0. The van der Waals surface area contributed by atoms with Gasteiger partial charge in [0.1, 0.15) is 0 Å². The fourth-order valence-corrected chi connectivity index (χ4v) is 3.06. The summed E-state index contributed by atoms with van der Waals surface area (Å²) in [5.74, 6) is 0. The van der Waals surface area contributed by atoms with E-state index in [0.717, 1.165) is 32.6 Å². The van der Waals surface area contributed by atoms with Crippen LogP contribution < -0.4 is 0 Å². The third-order valence-corrected chi connectivity index (χ3v) is 3.96. The number of fused-ring (bicyclic) bond motifs is 4. The molecule has 3 heteroatoms. The molecular weight excluding hydrogens is 282 g/mol. The van der Waals surface area contributed by atoms with Crippen LogP contribution in [0.4, 0.5) is 0 Å². The van der Waals surface area contributed by atoms with Gasteiger partial charge in [-0.2, -0.15) is 0 Å². The number of benzene rings is 3. The molecule has 1 aromatic heterocycles. The molecule has 21 heavy (non-hydrogen) atoms. The smallest absolute Gasteiger partial charge is 0.253 e. The molecule has 0 N–H and O–H groups in total. The Morgan fingerprint density at radius 3 is 2.33 bits per heavy atom. The number of nitrogens with zero attached hydrogens (tertiary/aromatic N) is 1. The second kappa shape index (κ2) is 4.54. The molecule has 0 aliphatic heterocycles. The number of hydrogen-bond donors (Lipinski definition) is 0. The Hall–Kier alpha value is -2.45. The molecule has 0 spiro atoms. The molecule has 0 unspecified atom stereocenters. The molecule has 0 amide bonds. The van der Waals surface area contributed by atoms with Crippen molar-refractivity contribution in [2.24, 2.45) is 0 Å². The van der Waals surface area contributed by atoms with Gasteiger partial charge < -0.3 is 0 Å². The Labute approximate surface area is 126 Å². The van der Waals surface area contributed by atoms with Gasteiger partial charge in [0.2, 0.25) is 0 Å². The van der Waals surface area contributed by atoms with Crippen molar-refractivity contribution >= 4 is 49.4 Å². The standard InChI is InChI=1S/C18H10ClNO/c19-18(21)17-13-7-3-4-8-14(13)20-15-10-9-11-5-1-2-6-12(11)16(15)17/h1-10H. The highest BCUT2D eigenvalue weighted by Gasteiger charge is 2.16. The van der Waals surface area contributed by atoms with Crippen molar-refractivity contribution in [3.05, 3.63) is 66.2 Å². The molecule has 0 saturated carbocycles. The van der Waals surface area contributed by atoms with Crippen LogP contribution in [0.15, 0.2) is 60.7 Å². The zero-order chi connectivity index (χ0) is 14.4. The number of pyridine rings is 1. The molecule has 0 aliphatic carbocycles. The van der Waals surface area contributed by atoms with Crippen molar-refractivity contribution in [1.29, 1.82) is 0 Å². The van der Waals surface area contributed by atoms with Crippen molar-refractivity contribution in [2.75, 3.05) is 0 Å². The van der Waals surface area contributed by atoms with E-state index in [1.807, 2.05) is 60.7 Å². The topological polar surface area (TPSA) is 30.0 Å². The van der Waals surface area contributed by atoms with Crippen molar-refractivity contribution in [2.45, 2.75) is 0 Å². The molecule has 4 aromatic rings. The van der Waals surface area contributed by atoms with E-state index in [4.69, 9.17) is 11.6 Å². The van der Waals surface area contributed by atoms with Gasteiger partial charge in [-0.3, -0.25) is 4.79 Å². The van der Waals surface area contributed by atoms with E-state index in [1.54, 1.807) is 0 Å². The summed E-state index contributed by atoms with van der Waals surface area (Å²) in [6.45, 7) is 0. The summed E-state index contributed by atoms with van der Waals surface area (Å²) in [5, 5.41) is 3.24. The van der Waals surface area contributed by atoms with E-state index in [2.05, 4.69) is 4.98 Å². The van der Waals surface area contributed by atoms with Gasteiger partial charge >= 0.3 is 0 Å². The third kappa shape index (κ3) is 1.80. The molecule has 0 fully saturated rings. The Bertz CT molecular complexity index is 1020. The number of aromatic nitrogens is 1. The maximum atomic E-state index is 12.1. The number of carbonyl (C=O) groups is 1. The van der Waals surface area contributed by atoms with E-state index in [0.29, 0.717) is 5.56 Å². The first-order valence-electron chi connectivity index (χ1n) is 6.66. The van der Waals surface area contributed by atoms with Gasteiger partial charge in [-0.25, -0.2) is 4.98 Å². The van der Waals surface area contributed by atoms with Crippen LogP contribution in [-0.2, 0) is 0 Å². The number of para-hydroxylation sites is 1. The normalized spacial score (nSPS) is 11.3. The first-order valence-corrected chi connectivity index (χ1v) is 7.03. The quantitative estimate of drug-likeness (QED) is 0.283. The molecule has 100 valence electrons. The highest BCUT2D eigenvalue weighted by Crippen LogP contribution is 2.32. The van der Waals surface area contributed by atoms with Gasteiger partial charge in [0.05, 0.1) is 16.6 Å². The SMILES string of the molecule is O=C(Cl)c1c2ccccc2nc2ccc3ccccc3c12. The monoisotopic (exact) mass is 291 g/mol. The molecular formula is C18H10ClNO. The van der Waals surface area contributed by atoms with Crippen LogP contribution in [-0.4, -0.2) is 10.2 Å². The highest BCUT2D eigenvalue weighted by molar-refractivity contribution is 6.70. The Balaban J connectivity index is 2.36. The van der Waals surface area contributed by atoms with E-state index in [9.17, 15) is 4.79 Å². The van der Waals surface area contributed by atoms with Crippen molar-refractivity contribution < 1.29 is 4.79 Å². The number of hydrogen-bond acceptors (Lipinski definition) is 2. The van der Waals surface area contributed by atoms with Crippen LogP contribution >= 0.6 is 11.6 Å². The minimum Gasteiger partial charge on any atom is -0.276 e. The van der Waals surface area contributed by atoms with Crippen LogP contribution in [0.1, 0.15) is 10.4 Å². The van der Waals surface area contributed by atoms with Crippen LogP contribution in [0.25, 0.3) is 32.6 Å². The summed E-state index contributed by atoms with van der Waals surface area (Å²) < 4.78 is 0. The Morgan fingerprint density at radius 2 is 1.52 bits per heavy atom. The average molecular weight is 292 g/mol. The van der Waals surface area contributed by atoms with Gasteiger partial charge in [-0.15, -0.1) is 0 Å². The van der Waals surface area contributed by atoms with Crippen LogP contribution in [0.3, 0.4) is 0 Å². The summed E-state index contributed by atoms with van der Waals surface area (Å²) in [6, 6.07) is 19.5. The summed E-state index contributed by atoms with van der Waals surface area (Å²) >= 11 is 5.89. The molecule has 0 aliphatic rings. The maximum absolute atomic E-state index is 12.1. The Kier molecular flexibility index (Phi) is 2.66. The molecule has 0 bridgehead atoms. The Morgan fingerprint density at radius 1 is 0.810 bits per heavy atom. The molecule has 1 heterocycles. The summed E-state index contributed by atoms with van der Waals surface area (Å²) in [7, 11) is 0. The van der Waals surface area contributed by atoms with E-state index in [-0.39, 0.29) is 0 Å². The predicted molar refractivity (Wildman–Crippen MR) is 86.9 cm³/mol. The first-order chi connectivity index (χ1) is 10.3. The lowest BCUT2D eigenvalue weighted by Gasteiger charge is -2.10. The van der Waals surface area contributed by atoms with Gasteiger partial charge in [0, 0.05) is 10.8 Å². The van der Waals surface area contributed by atoms with Gasteiger partial charge in [0.25, 0.3) is 5.24 Å². The van der Waals surface area contributed by atoms with E-state index < -0.39 is 5.24 Å². The third-order valence-electron chi connectivity index (χ3n) is 3.77. The van der Waals surface area contributed by atoms with Gasteiger partial charge in [-0.1, -0.05) is 48.5 Å². The number of rotatable bonds is 1. The first kappa shape index (κ1) is 12.3. The minimum atomic E-state index is -0.449. The lowest BCUT2D eigenvalue weighted by Crippen LogP contribution is -1.96. The van der Waals surface area contributed by atoms with Crippen LogP contribution in [0.2, 0.25) is 0 Å². The zero-order valence-corrected chi connectivity index (χ0v) is 11.8. The molecule has 3 aromatic carbocycles. The summed E-state index contributed by atoms with van der Waals surface area (Å²) in [4.78, 5) is 16.7. The molecule has 4 rings (SSSR count). The lowest BCUT2D eigenvalue weighted by atomic mass is 9.98. The predicted octanol–water partition coefficient (Wildman–Crippen LogP) is 4.92. The summed E-state index contributed by atoms with van der Waals surface area (Å²) in [6.07, 6.45) is 0. The average Bonchev–Trinajstić information content (AvgIpc) is 2.52. The van der Waals surface area contributed by atoms with Crippen molar-refractivity contribution in [3.63, 3.8) is 0 Å². The minimum absolute atomic E-state index is 0.449.